The van der Waals surface area contributed by atoms with Crippen LogP contribution in [-0.2, 0) is 17.9 Å². The number of ether oxygens (including phenoxy) is 4. The minimum absolute atomic E-state index is 0.112. The van der Waals surface area contributed by atoms with Crippen molar-refractivity contribution in [1.29, 1.82) is 0 Å². The first-order chi connectivity index (χ1) is 17.6. The molecule has 0 bridgehead atoms. The van der Waals surface area contributed by atoms with E-state index in [4.69, 9.17) is 24.1 Å². The van der Waals surface area contributed by atoms with Crippen molar-refractivity contribution in [3.05, 3.63) is 47.7 Å². The van der Waals surface area contributed by atoms with E-state index in [9.17, 15) is 0 Å². The number of methoxy groups -OCH3 is 3. The van der Waals surface area contributed by atoms with Gasteiger partial charge < -0.3 is 29.4 Å². The van der Waals surface area contributed by atoms with Gasteiger partial charge in [-0.2, -0.15) is 5.10 Å². The number of aliphatic hydroxyl groups excluding tert-OH is 1. The molecule has 1 saturated heterocycles. The van der Waals surface area contributed by atoms with Crippen molar-refractivity contribution in [3.63, 3.8) is 0 Å². The molecule has 0 amide bonds. The van der Waals surface area contributed by atoms with Crippen LogP contribution in [0.5, 0.6) is 17.2 Å². The first kappa shape index (κ1) is 25.9. The number of nitrogens with one attached hydrogen (secondary N) is 1. The van der Waals surface area contributed by atoms with E-state index in [1.165, 1.54) is 5.56 Å². The number of fused-ring (bicyclic) bond motifs is 1. The highest BCUT2D eigenvalue weighted by atomic mass is 16.5. The van der Waals surface area contributed by atoms with Crippen LogP contribution in [0.1, 0.15) is 30.5 Å². The number of anilines is 1. The van der Waals surface area contributed by atoms with Gasteiger partial charge in [-0.1, -0.05) is 6.07 Å². The van der Waals surface area contributed by atoms with Crippen molar-refractivity contribution in [1.82, 2.24) is 15.1 Å². The Morgan fingerprint density at radius 2 is 1.81 bits per heavy atom. The Morgan fingerprint density at radius 3 is 2.53 bits per heavy atom. The summed E-state index contributed by atoms with van der Waals surface area (Å²) in [7, 11) is 4.98. The van der Waals surface area contributed by atoms with Gasteiger partial charge in [0.25, 0.3) is 0 Å². The predicted molar refractivity (Wildman–Crippen MR) is 139 cm³/mol. The average molecular weight is 497 g/mol. The van der Waals surface area contributed by atoms with Crippen LogP contribution in [0, 0.1) is 0 Å². The number of aliphatic hydroxyl groups is 1. The number of benzene rings is 2. The van der Waals surface area contributed by atoms with Crippen molar-refractivity contribution in [2.45, 2.75) is 38.5 Å². The molecule has 2 aromatic carbocycles. The van der Waals surface area contributed by atoms with E-state index in [0.29, 0.717) is 31.4 Å². The Morgan fingerprint density at radius 1 is 0.972 bits per heavy atom. The van der Waals surface area contributed by atoms with Crippen molar-refractivity contribution in [3.8, 4) is 17.2 Å². The van der Waals surface area contributed by atoms with E-state index in [1.54, 1.807) is 21.3 Å². The molecule has 1 aromatic heterocycles. The molecule has 9 heteroatoms. The summed E-state index contributed by atoms with van der Waals surface area (Å²) >= 11 is 0. The summed E-state index contributed by atoms with van der Waals surface area (Å²) in [6, 6.07) is 12.3. The minimum Gasteiger partial charge on any atom is -0.497 e. The van der Waals surface area contributed by atoms with E-state index in [0.717, 1.165) is 66.3 Å². The second-order valence-corrected chi connectivity index (χ2v) is 8.95. The molecule has 3 aromatic rings. The fourth-order valence-corrected chi connectivity index (χ4v) is 4.53. The fourth-order valence-electron chi connectivity index (χ4n) is 4.53. The number of piperidine rings is 1. The van der Waals surface area contributed by atoms with E-state index in [2.05, 4.69) is 26.5 Å². The third kappa shape index (κ3) is 6.34. The van der Waals surface area contributed by atoms with E-state index in [-0.39, 0.29) is 6.61 Å². The summed E-state index contributed by atoms with van der Waals surface area (Å²) in [4.78, 5) is 2.45. The molecule has 0 radical (unpaired) electrons. The zero-order valence-electron chi connectivity index (χ0n) is 21.3. The van der Waals surface area contributed by atoms with Crippen LogP contribution in [0.25, 0.3) is 10.8 Å². The lowest BCUT2D eigenvalue weighted by atomic mass is 10.0. The van der Waals surface area contributed by atoms with Gasteiger partial charge in [0.15, 0.2) is 17.3 Å². The van der Waals surface area contributed by atoms with Gasteiger partial charge in [0.1, 0.15) is 5.75 Å². The smallest absolute Gasteiger partial charge is 0.161 e. The third-order valence-corrected chi connectivity index (χ3v) is 6.47. The number of likely N-dealkylation sites (tertiary alicyclic amines) is 1. The highest BCUT2D eigenvalue weighted by molar-refractivity contribution is 5.94. The summed E-state index contributed by atoms with van der Waals surface area (Å²) in [6.45, 7) is 3.80. The monoisotopic (exact) mass is 496 g/mol. The zero-order chi connectivity index (χ0) is 25.3. The first-order valence-electron chi connectivity index (χ1n) is 12.4. The topological polar surface area (TPSA) is 98.2 Å². The molecule has 0 saturated carbocycles. The number of hydrogen-bond donors (Lipinski definition) is 2. The standard InChI is InChI=1S/C27H36N4O5/c1-33-18-24-22-7-6-21(34-2)16-23(22)27(30-29-24)28-20-9-11-31(12-10-20)17-19-5-8-25(26(15-19)35-3)36-14-4-13-32/h5-8,15-16,20,32H,4,9-14,17-18H2,1-3H3,(H,28,30). The number of aromatic nitrogens is 2. The quantitative estimate of drug-likeness (QED) is 0.364. The van der Waals surface area contributed by atoms with Gasteiger partial charge in [-0.25, -0.2) is 0 Å². The van der Waals surface area contributed by atoms with Crippen molar-refractivity contribution < 1.29 is 24.1 Å². The molecule has 0 aliphatic carbocycles. The lowest BCUT2D eigenvalue weighted by Gasteiger charge is -2.32. The Bertz CT molecular complexity index is 1130. The van der Waals surface area contributed by atoms with Crippen LogP contribution in [0.4, 0.5) is 5.82 Å². The maximum Gasteiger partial charge on any atom is 0.161 e. The molecule has 2 heterocycles. The van der Waals surface area contributed by atoms with Gasteiger partial charge in [-0.3, -0.25) is 4.90 Å². The summed E-state index contributed by atoms with van der Waals surface area (Å²) in [6.07, 6.45) is 2.61. The molecule has 4 rings (SSSR count). The Balaban J connectivity index is 1.37. The highest BCUT2D eigenvalue weighted by Crippen LogP contribution is 2.31. The van der Waals surface area contributed by atoms with Gasteiger partial charge in [-0.15, -0.1) is 5.10 Å². The van der Waals surface area contributed by atoms with Crippen LogP contribution in [0.2, 0.25) is 0 Å². The molecule has 2 N–H and O–H groups in total. The fraction of sp³-hybridized carbons (Fsp3) is 0.481. The van der Waals surface area contributed by atoms with Gasteiger partial charge in [-0.05, 0) is 48.7 Å². The van der Waals surface area contributed by atoms with Crippen molar-refractivity contribution in [2.24, 2.45) is 0 Å². The van der Waals surface area contributed by atoms with Gasteiger partial charge in [0.2, 0.25) is 0 Å². The number of hydrogen-bond acceptors (Lipinski definition) is 9. The van der Waals surface area contributed by atoms with Crippen LogP contribution < -0.4 is 19.5 Å². The Kier molecular flexibility index (Phi) is 9.16. The number of rotatable bonds is 12. The maximum atomic E-state index is 8.96. The molecule has 1 fully saturated rings. The first-order valence-corrected chi connectivity index (χ1v) is 12.4. The summed E-state index contributed by atoms with van der Waals surface area (Å²) in [5.74, 6) is 3.00. The molecule has 9 nitrogen and oxygen atoms in total. The lowest BCUT2D eigenvalue weighted by molar-refractivity contribution is 0.182. The number of nitrogens with zero attached hydrogens (tertiary/aromatic N) is 3. The van der Waals surface area contributed by atoms with Crippen LogP contribution in [0.15, 0.2) is 36.4 Å². The summed E-state index contributed by atoms with van der Waals surface area (Å²) in [5.41, 5.74) is 2.00. The summed E-state index contributed by atoms with van der Waals surface area (Å²) < 4.78 is 22.0. The molecule has 0 unspecified atom stereocenters. The van der Waals surface area contributed by atoms with E-state index in [1.807, 2.05) is 30.3 Å². The van der Waals surface area contributed by atoms with Crippen LogP contribution in [-0.4, -0.2) is 73.9 Å². The normalized spacial score (nSPS) is 14.7. The molecular weight excluding hydrogens is 460 g/mol. The van der Waals surface area contributed by atoms with Gasteiger partial charge in [0.05, 0.1) is 33.1 Å². The third-order valence-electron chi connectivity index (χ3n) is 6.47. The molecular formula is C27H36N4O5. The highest BCUT2D eigenvalue weighted by Gasteiger charge is 2.21. The molecule has 36 heavy (non-hydrogen) atoms. The zero-order valence-corrected chi connectivity index (χ0v) is 21.3. The second-order valence-electron chi connectivity index (χ2n) is 8.95. The van der Waals surface area contributed by atoms with E-state index < -0.39 is 0 Å². The maximum absolute atomic E-state index is 8.96. The van der Waals surface area contributed by atoms with Crippen molar-refractivity contribution >= 4 is 16.6 Å². The Labute approximate surface area is 212 Å². The largest absolute Gasteiger partial charge is 0.497 e. The minimum atomic E-state index is 0.112. The van der Waals surface area contributed by atoms with Gasteiger partial charge >= 0.3 is 0 Å². The second kappa shape index (κ2) is 12.7. The average Bonchev–Trinajstić information content (AvgIpc) is 2.91. The molecule has 194 valence electrons. The summed E-state index contributed by atoms with van der Waals surface area (Å²) in [5, 5.41) is 23.5. The van der Waals surface area contributed by atoms with Crippen molar-refractivity contribution in [2.75, 3.05) is 52.9 Å². The van der Waals surface area contributed by atoms with Crippen LogP contribution in [0.3, 0.4) is 0 Å². The molecule has 0 atom stereocenters. The molecule has 1 aliphatic rings. The van der Waals surface area contributed by atoms with E-state index >= 15 is 0 Å². The molecule has 0 spiro atoms. The van der Waals surface area contributed by atoms with Gasteiger partial charge in [0, 0.05) is 56.6 Å². The predicted octanol–water partition coefficient (Wildman–Crippen LogP) is 3.63. The molecule has 1 aliphatic heterocycles. The Hall–Kier alpha value is -3.14. The SMILES string of the molecule is COCc1nnc(NC2CCN(Cc3ccc(OCCCO)c(OC)c3)CC2)c2cc(OC)ccc12. The lowest BCUT2D eigenvalue weighted by Crippen LogP contribution is -2.38. The van der Waals surface area contributed by atoms with Crippen LogP contribution >= 0.6 is 0 Å².